The molecule has 0 unspecified atom stereocenters. The lowest BCUT2D eigenvalue weighted by atomic mass is 10.3. The van der Waals surface area contributed by atoms with Gasteiger partial charge >= 0.3 is 0 Å². The molecule has 2 aromatic carbocycles. The van der Waals surface area contributed by atoms with Gasteiger partial charge in [-0.05, 0) is 55.0 Å². The van der Waals surface area contributed by atoms with Gasteiger partial charge in [-0.1, -0.05) is 11.6 Å². The highest BCUT2D eigenvalue weighted by atomic mass is 35.5. The third kappa shape index (κ3) is 4.85. The van der Waals surface area contributed by atoms with Crippen LogP contribution < -0.4 is 14.9 Å². The van der Waals surface area contributed by atoms with Crippen molar-refractivity contribution in [3.05, 3.63) is 53.6 Å². The van der Waals surface area contributed by atoms with Crippen molar-refractivity contribution < 1.29 is 18.0 Å². The van der Waals surface area contributed by atoms with E-state index in [1.807, 2.05) is 0 Å². The summed E-state index contributed by atoms with van der Waals surface area (Å²) in [5, 5.41) is 3.11. The third-order valence-corrected chi connectivity index (χ3v) is 5.75. The van der Waals surface area contributed by atoms with Gasteiger partial charge in [0.05, 0.1) is 11.4 Å². The van der Waals surface area contributed by atoms with Crippen molar-refractivity contribution in [3.8, 4) is 0 Å². The Morgan fingerprint density at radius 3 is 2.33 bits per heavy atom. The van der Waals surface area contributed by atoms with Gasteiger partial charge in [-0.15, -0.1) is 0 Å². The average Bonchev–Trinajstić information content (AvgIpc) is 3.08. The van der Waals surface area contributed by atoms with Crippen molar-refractivity contribution in [1.29, 1.82) is 0 Å². The van der Waals surface area contributed by atoms with Crippen LogP contribution in [0.2, 0.25) is 5.02 Å². The molecule has 142 valence electrons. The zero-order valence-corrected chi connectivity index (χ0v) is 15.9. The Kier molecular flexibility index (Phi) is 5.79. The standard InChI is InChI=1S/C18H18ClN3O4S/c19-13-3-5-14(6-4-13)21-17(23)12-20-27(25,26)16-9-7-15(8-10-16)22-11-1-2-18(22)24/h3-10,20H,1-2,11-12H2,(H,21,23). The van der Waals surface area contributed by atoms with E-state index in [-0.39, 0.29) is 10.8 Å². The number of amides is 2. The summed E-state index contributed by atoms with van der Waals surface area (Å²) in [6, 6.07) is 12.5. The predicted molar refractivity (Wildman–Crippen MR) is 103 cm³/mol. The molecule has 1 aliphatic rings. The lowest BCUT2D eigenvalue weighted by Gasteiger charge is -2.16. The van der Waals surface area contributed by atoms with Crippen molar-refractivity contribution in [2.75, 3.05) is 23.3 Å². The van der Waals surface area contributed by atoms with Crippen molar-refractivity contribution in [3.63, 3.8) is 0 Å². The number of nitrogens with zero attached hydrogens (tertiary/aromatic N) is 1. The van der Waals surface area contributed by atoms with Gasteiger partial charge in [0.25, 0.3) is 0 Å². The highest BCUT2D eigenvalue weighted by molar-refractivity contribution is 7.89. The van der Waals surface area contributed by atoms with Crippen LogP contribution in [0.25, 0.3) is 0 Å². The van der Waals surface area contributed by atoms with Crippen LogP contribution in [-0.4, -0.2) is 33.3 Å². The zero-order chi connectivity index (χ0) is 19.4. The molecule has 0 aromatic heterocycles. The molecule has 0 saturated carbocycles. The molecule has 0 bridgehead atoms. The first-order valence-electron chi connectivity index (χ1n) is 8.31. The third-order valence-electron chi connectivity index (χ3n) is 4.08. The molecule has 9 heteroatoms. The van der Waals surface area contributed by atoms with E-state index < -0.39 is 22.5 Å². The second kappa shape index (κ2) is 8.08. The van der Waals surface area contributed by atoms with Crippen molar-refractivity contribution >= 4 is 44.8 Å². The van der Waals surface area contributed by atoms with Crippen molar-refractivity contribution in [1.82, 2.24) is 4.72 Å². The summed E-state index contributed by atoms with van der Waals surface area (Å²) in [7, 11) is -3.84. The number of sulfonamides is 1. The SMILES string of the molecule is O=C(CNS(=O)(=O)c1ccc(N2CCCC2=O)cc1)Nc1ccc(Cl)cc1. The van der Waals surface area contributed by atoms with Crippen LogP contribution in [-0.2, 0) is 19.6 Å². The molecule has 0 spiro atoms. The second-order valence-electron chi connectivity index (χ2n) is 6.02. The summed E-state index contributed by atoms with van der Waals surface area (Å²) in [5.74, 6) is -0.470. The normalized spacial score (nSPS) is 14.4. The number of benzene rings is 2. The molecule has 0 aliphatic carbocycles. The molecule has 1 aliphatic heterocycles. The Balaban J connectivity index is 1.59. The zero-order valence-electron chi connectivity index (χ0n) is 14.3. The van der Waals surface area contributed by atoms with Crippen LogP contribution in [0.15, 0.2) is 53.4 Å². The largest absolute Gasteiger partial charge is 0.325 e. The quantitative estimate of drug-likeness (QED) is 0.768. The number of hydrogen-bond donors (Lipinski definition) is 2. The predicted octanol–water partition coefficient (Wildman–Crippen LogP) is 2.38. The highest BCUT2D eigenvalue weighted by Crippen LogP contribution is 2.22. The lowest BCUT2D eigenvalue weighted by molar-refractivity contribution is -0.117. The molecule has 3 rings (SSSR count). The summed E-state index contributed by atoms with van der Waals surface area (Å²) in [6.07, 6.45) is 1.30. The Morgan fingerprint density at radius 1 is 1.07 bits per heavy atom. The number of carbonyl (C=O) groups is 2. The van der Waals surface area contributed by atoms with Crippen LogP contribution >= 0.6 is 11.6 Å². The minimum atomic E-state index is -3.84. The Bertz CT molecular complexity index is 944. The molecular formula is C18H18ClN3O4S. The molecule has 7 nitrogen and oxygen atoms in total. The van der Waals surface area contributed by atoms with E-state index in [4.69, 9.17) is 11.6 Å². The van der Waals surface area contributed by atoms with E-state index in [0.717, 1.165) is 6.42 Å². The molecule has 27 heavy (non-hydrogen) atoms. The molecule has 2 aromatic rings. The fourth-order valence-corrected chi connectivity index (χ4v) is 3.82. The first-order chi connectivity index (χ1) is 12.8. The Hall–Kier alpha value is -2.42. The molecule has 1 saturated heterocycles. The smallest absolute Gasteiger partial charge is 0.241 e. The van der Waals surface area contributed by atoms with Crippen LogP contribution in [0.3, 0.4) is 0 Å². The molecule has 1 heterocycles. The van der Waals surface area contributed by atoms with E-state index in [9.17, 15) is 18.0 Å². The Labute approximate surface area is 162 Å². The van der Waals surface area contributed by atoms with Crippen LogP contribution in [0.5, 0.6) is 0 Å². The monoisotopic (exact) mass is 407 g/mol. The van der Waals surface area contributed by atoms with Gasteiger partial charge in [-0.2, -0.15) is 0 Å². The summed E-state index contributed by atoms with van der Waals surface area (Å²) < 4.78 is 26.9. The maximum atomic E-state index is 12.3. The maximum Gasteiger partial charge on any atom is 0.241 e. The summed E-state index contributed by atoms with van der Waals surface area (Å²) >= 11 is 5.77. The first kappa shape index (κ1) is 19.3. The second-order valence-corrected chi connectivity index (χ2v) is 8.23. The average molecular weight is 408 g/mol. The van der Waals surface area contributed by atoms with Gasteiger partial charge in [0, 0.05) is 29.4 Å². The first-order valence-corrected chi connectivity index (χ1v) is 10.2. The number of anilines is 2. The molecule has 1 fully saturated rings. The van der Waals surface area contributed by atoms with Gasteiger partial charge in [0.15, 0.2) is 0 Å². The number of nitrogens with one attached hydrogen (secondary N) is 2. The molecule has 2 N–H and O–H groups in total. The maximum absolute atomic E-state index is 12.3. The number of rotatable bonds is 6. The van der Waals surface area contributed by atoms with Gasteiger partial charge < -0.3 is 10.2 Å². The summed E-state index contributed by atoms with van der Waals surface area (Å²) in [4.78, 5) is 25.3. The van der Waals surface area contributed by atoms with Gasteiger partial charge in [0.2, 0.25) is 21.8 Å². The summed E-state index contributed by atoms with van der Waals surface area (Å²) in [5.41, 5.74) is 1.18. The van der Waals surface area contributed by atoms with Gasteiger partial charge in [-0.25, -0.2) is 13.1 Å². The fraction of sp³-hybridized carbons (Fsp3) is 0.222. The van der Waals surface area contributed by atoms with Crippen molar-refractivity contribution in [2.45, 2.75) is 17.7 Å². The van der Waals surface area contributed by atoms with Crippen LogP contribution in [0, 0.1) is 0 Å². The van der Waals surface area contributed by atoms with Gasteiger partial charge in [-0.3, -0.25) is 9.59 Å². The molecule has 2 amide bonds. The number of carbonyl (C=O) groups excluding carboxylic acids is 2. The van der Waals surface area contributed by atoms with E-state index in [0.29, 0.717) is 29.4 Å². The Morgan fingerprint density at radius 2 is 1.74 bits per heavy atom. The molecule has 0 radical (unpaired) electrons. The summed E-state index contributed by atoms with van der Waals surface area (Å²) in [6.45, 7) is 0.228. The number of hydrogen-bond acceptors (Lipinski definition) is 4. The van der Waals surface area contributed by atoms with Crippen molar-refractivity contribution in [2.24, 2.45) is 0 Å². The van der Waals surface area contributed by atoms with Crippen LogP contribution in [0.4, 0.5) is 11.4 Å². The van der Waals surface area contributed by atoms with Crippen LogP contribution in [0.1, 0.15) is 12.8 Å². The van der Waals surface area contributed by atoms with E-state index >= 15 is 0 Å². The fourth-order valence-electron chi connectivity index (χ4n) is 2.71. The van der Waals surface area contributed by atoms with Gasteiger partial charge in [0.1, 0.15) is 0 Å². The topological polar surface area (TPSA) is 95.6 Å². The highest BCUT2D eigenvalue weighted by Gasteiger charge is 2.22. The van der Waals surface area contributed by atoms with E-state index in [1.165, 1.54) is 12.1 Å². The minimum absolute atomic E-state index is 0.0252. The molecular weight excluding hydrogens is 390 g/mol. The minimum Gasteiger partial charge on any atom is -0.325 e. The van der Waals surface area contributed by atoms with E-state index in [1.54, 1.807) is 41.3 Å². The number of halogens is 1. The molecule has 0 atom stereocenters. The lowest BCUT2D eigenvalue weighted by Crippen LogP contribution is -2.33. The van der Waals surface area contributed by atoms with E-state index in [2.05, 4.69) is 10.0 Å².